The third kappa shape index (κ3) is 4.22. The average molecular weight is 398 g/mol. The lowest BCUT2D eigenvalue weighted by molar-refractivity contribution is 0.339. The molecular formula is C22H24FN3OS. The molecule has 28 heavy (non-hydrogen) atoms. The van der Waals surface area contributed by atoms with Crippen LogP contribution in [0.3, 0.4) is 0 Å². The lowest BCUT2D eigenvalue weighted by Crippen LogP contribution is -2.15. The van der Waals surface area contributed by atoms with Gasteiger partial charge in [-0.05, 0) is 54.8 Å². The predicted octanol–water partition coefficient (Wildman–Crippen LogP) is 5.89. The third-order valence-corrected chi connectivity index (χ3v) is 6.25. The molecule has 0 unspecified atom stereocenters. The van der Waals surface area contributed by atoms with Crippen LogP contribution >= 0.6 is 11.8 Å². The Morgan fingerprint density at radius 3 is 2.39 bits per heavy atom. The summed E-state index contributed by atoms with van der Waals surface area (Å²) in [5.74, 6) is 2.28. The van der Waals surface area contributed by atoms with Gasteiger partial charge in [-0.3, -0.25) is 4.57 Å². The number of ether oxygens (including phenoxy) is 1. The SMILES string of the molecule is COc1ccc(-c2nnc(SCc3ccc(F)cc3)n2C2CCCCC2)cc1. The first kappa shape index (κ1) is 19.0. The van der Waals surface area contributed by atoms with E-state index in [9.17, 15) is 4.39 Å². The van der Waals surface area contributed by atoms with Crippen LogP contribution in [0.2, 0.25) is 0 Å². The molecule has 1 aliphatic rings. The molecule has 4 rings (SSSR count). The number of aromatic nitrogens is 3. The van der Waals surface area contributed by atoms with Crippen molar-refractivity contribution in [2.45, 2.75) is 49.1 Å². The van der Waals surface area contributed by atoms with Crippen LogP contribution in [0.15, 0.2) is 53.7 Å². The van der Waals surface area contributed by atoms with E-state index in [1.54, 1.807) is 18.9 Å². The smallest absolute Gasteiger partial charge is 0.192 e. The topological polar surface area (TPSA) is 39.9 Å². The number of hydrogen-bond acceptors (Lipinski definition) is 4. The lowest BCUT2D eigenvalue weighted by Gasteiger charge is -2.25. The second-order valence-corrected chi connectivity index (χ2v) is 8.05. The molecule has 0 bridgehead atoms. The monoisotopic (exact) mass is 397 g/mol. The highest BCUT2D eigenvalue weighted by Gasteiger charge is 2.23. The van der Waals surface area contributed by atoms with Gasteiger partial charge in [-0.1, -0.05) is 43.2 Å². The number of benzene rings is 2. The van der Waals surface area contributed by atoms with E-state index in [1.807, 2.05) is 36.4 Å². The van der Waals surface area contributed by atoms with Crippen molar-refractivity contribution in [3.05, 3.63) is 59.9 Å². The predicted molar refractivity (Wildman–Crippen MR) is 110 cm³/mol. The highest BCUT2D eigenvalue weighted by Crippen LogP contribution is 2.36. The molecule has 2 aromatic carbocycles. The van der Waals surface area contributed by atoms with Crippen molar-refractivity contribution in [3.63, 3.8) is 0 Å². The van der Waals surface area contributed by atoms with Crippen LogP contribution in [0.1, 0.15) is 43.7 Å². The molecule has 6 heteroatoms. The van der Waals surface area contributed by atoms with Gasteiger partial charge in [-0.25, -0.2) is 4.39 Å². The molecule has 4 nitrogen and oxygen atoms in total. The maximum absolute atomic E-state index is 13.2. The van der Waals surface area contributed by atoms with Gasteiger partial charge in [-0.15, -0.1) is 10.2 Å². The van der Waals surface area contributed by atoms with Gasteiger partial charge >= 0.3 is 0 Å². The second-order valence-electron chi connectivity index (χ2n) is 7.11. The Morgan fingerprint density at radius 2 is 1.71 bits per heavy atom. The summed E-state index contributed by atoms with van der Waals surface area (Å²) in [6.45, 7) is 0. The number of thioether (sulfide) groups is 1. The summed E-state index contributed by atoms with van der Waals surface area (Å²) in [4.78, 5) is 0. The van der Waals surface area contributed by atoms with Gasteiger partial charge in [0.05, 0.1) is 7.11 Å². The lowest BCUT2D eigenvalue weighted by atomic mass is 9.95. The summed E-state index contributed by atoms with van der Waals surface area (Å²) in [6.07, 6.45) is 6.10. The Labute approximate surface area is 169 Å². The Kier molecular flexibility index (Phi) is 5.95. The minimum Gasteiger partial charge on any atom is -0.497 e. The summed E-state index contributed by atoms with van der Waals surface area (Å²) >= 11 is 1.67. The largest absolute Gasteiger partial charge is 0.497 e. The van der Waals surface area contributed by atoms with E-state index in [4.69, 9.17) is 4.74 Å². The Balaban J connectivity index is 1.63. The molecule has 146 valence electrons. The maximum Gasteiger partial charge on any atom is 0.192 e. The standard InChI is InChI=1S/C22H24FN3OS/c1-27-20-13-9-17(10-14-20)21-24-25-22(26(21)19-5-3-2-4-6-19)28-15-16-7-11-18(23)12-8-16/h7-14,19H,2-6,15H2,1H3. The first-order valence-corrected chi connectivity index (χ1v) is 10.7. The molecule has 0 aliphatic heterocycles. The van der Waals surface area contributed by atoms with Crippen LogP contribution in [-0.4, -0.2) is 21.9 Å². The molecule has 0 radical (unpaired) electrons. The summed E-state index contributed by atoms with van der Waals surface area (Å²) in [5.41, 5.74) is 2.13. The molecule has 0 atom stereocenters. The molecule has 3 aromatic rings. The van der Waals surface area contributed by atoms with Crippen LogP contribution < -0.4 is 4.74 Å². The number of rotatable bonds is 6. The normalized spacial score (nSPS) is 14.9. The van der Waals surface area contributed by atoms with E-state index in [1.165, 1.54) is 31.4 Å². The van der Waals surface area contributed by atoms with Crippen molar-refractivity contribution < 1.29 is 9.13 Å². The maximum atomic E-state index is 13.2. The number of halogens is 1. The van der Waals surface area contributed by atoms with Crippen molar-refractivity contribution in [2.75, 3.05) is 7.11 Å². The fraction of sp³-hybridized carbons (Fsp3) is 0.364. The molecule has 1 heterocycles. The molecule has 1 fully saturated rings. The number of nitrogens with zero attached hydrogens (tertiary/aromatic N) is 3. The van der Waals surface area contributed by atoms with Gasteiger partial charge in [0.25, 0.3) is 0 Å². The Morgan fingerprint density at radius 1 is 1.00 bits per heavy atom. The highest BCUT2D eigenvalue weighted by atomic mass is 32.2. The zero-order valence-electron chi connectivity index (χ0n) is 16.0. The first-order chi connectivity index (χ1) is 13.7. The number of methoxy groups -OCH3 is 1. The molecular weight excluding hydrogens is 373 g/mol. The fourth-order valence-electron chi connectivity index (χ4n) is 3.71. The summed E-state index contributed by atoms with van der Waals surface area (Å²) in [7, 11) is 1.67. The Hall–Kier alpha value is -2.34. The molecule has 0 spiro atoms. The van der Waals surface area contributed by atoms with Crippen LogP contribution in [0.5, 0.6) is 5.75 Å². The van der Waals surface area contributed by atoms with Gasteiger partial charge in [0.15, 0.2) is 11.0 Å². The van der Waals surface area contributed by atoms with Crippen molar-refractivity contribution in [2.24, 2.45) is 0 Å². The van der Waals surface area contributed by atoms with E-state index in [2.05, 4.69) is 14.8 Å². The van der Waals surface area contributed by atoms with Crippen molar-refractivity contribution in [3.8, 4) is 17.1 Å². The highest BCUT2D eigenvalue weighted by molar-refractivity contribution is 7.98. The summed E-state index contributed by atoms with van der Waals surface area (Å²) in [6, 6.07) is 15.1. The van der Waals surface area contributed by atoms with E-state index in [-0.39, 0.29) is 5.82 Å². The molecule has 0 amide bonds. The minimum absolute atomic E-state index is 0.207. The van der Waals surface area contributed by atoms with Gasteiger partial charge in [0.1, 0.15) is 11.6 Å². The quantitative estimate of drug-likeness (QED) is 0.486. The van der Waals surface area contributed by atoms with E-state index >= 15 is 0 Å². The molecule has 0 N–H and O–H groups in total. The minimum atomic E-state index is -0.207. The van der Waals surface area contributed by atoms with Gasteiger partial charge in [-0.2, -0.15) is 0 Å². The van der Waals surface area contributed by atoms with E-state index in [0.29, 0.717) is 6.04 Å². The molecule has 0 saturated heterocycles. The van der Waals surface area contributed by atoms with Crippen LogP contribution in [0.4, 0.5) is 4.39 Å². The van der Waals surface area contributed by atoms with Gasteiger partial charge in [0.2, 0.25) is 0 Å². The van der Waals surface area contributed by atoms with Crippen molar-refractivity contribution >= 4 is 11.8 Å². The summed E-state index contributed by atoms with van der Waals surface area (Å²) < 4.78 is 20.8. The second kappa shape index (κ2) is 8.78. The van der Waals surface area contributed by atoms with E-state index in [0.717, 1.165) is 46.5 Å². The van der Waals surface area contributed by atoms with Crippen molar-refractivity contribution in [1.82, 2.24) is 14.8 Å². The van der Waals surface area contributed by atoms with Crippen LogP contribution in [-0.2, 0) is 5.75 Å². The third-order valence-electron chi connectivity index (χ3n) is 5.23. The molecule has 1 aromatic heterocycles. The first-order valence-electron chi connectivity index (χ1n) is 9.71. The number of hydrogen-bond donors (Lipinski definition) is 0. The average Bonchev–Trinajstić information content (AvgIpc) is 3.18. The molecule has 1 aliphatic carbocycles. The van der Waals surface area contributed by atoms with Gasteiger partial charge in [0, 0.05) is 17.4 Å². The van der Waals surface area contributed by atoms with E-state index < -0.39 is 0 Å². The Bertz CT molecular complexity index is 903. The fourth-order valence-corrected chi connectivity index (χ4v) is 4.67. The van der Waals surface area contributed by atoms with Gasteiger partial charge < -0.3 is 4.74 Å². The molecule has 1 saturated carbocycles. The summed E-state index contributed by atoms with van der Waals surface area (Å²) in [5, 5.41) is 9.98. The van der Waals surface area contributed by atoms with Crippen molar-refractivity contribution in [1.29, 1.82) is 0 Å². The van der Waals surface area contributed by atoms with Crippen LogP contribution in [0.25, 0.3) is 11.4 Å². The zero-order chi connectivity index (χ0) is 19.3. The zero-order valence-corrected chi connectivity index (χ0v) is 16.8. The van der Waals surface area contributed by atoms with Crippen LogP contribution in [0, 0.1) is 5.82 Å².